The fourth-order valence-electron chi connectivity index (χ4n) is 1.89. The van der Waals surface area contributed by atoms with E-state index in [9.17, 15) is 4.79 Å². The molecule has 1 amide bonds. The van der Waals surface area contributed by atoms with Crippen LogP contribution in [-0.4, -0.2) is 18.1 Å². The SMILES string of the molecule is Cc1ccc(C(C)C)cc1O[C@@H](C)C(=O)NC1CC1. The van der Waals surface area contributed by atoms with Crippen LogP contribution in [0.3, 0.4) is 0 Å². The van der Waals surface area contributed by atoms with Gasteiger partial charge >= 0.3 is 0 Å². The second kappa shape index (κ2) is 5.64. The van der Waals surface area contributed by atoms with Crippen molar-refractivity contribution in [2.24, 2.45) is 0 Å². The van der Waals surface area contributed by atoms with Gasteiger partial charge in [-0.3, -0.25) is 4.79 Å². The Balaban J connectivity index is 2.04. The van der Waals surface area contributed by atoms with E-state index < -0.39 is 6.10 Å². The molecule has 1 aliphatic rings. The Kier molecular flexibility index (Phi) is 4.13. The van der Waals surface area contributed by atoms with Crippen LogP contribution in [0.4, 0.5) is 0 Å². The highest BCUT2D eigenvalue weighted by Crippen LogP contribution is 2.25. The fraction of sp³-hybridized carbons (Fsp3) is 0.562. The van der Waals surface area contributed by atoms with Crippen LogP contribution < -0.4 is 10.1 Å². The molecule has 1 atom stereocenters. The van der Waals surface area contributed by atoms with E-state index in [0.717, 1.165) is 24.2 Å². The summed E-state index contributed by atoms with van der Waals surface area (Å²) in [6.45, 7) is 8.11. The molecule has 1 aromatic carbocycles. The molecule has 104 valence electrons. The molecule has 0 heterocycles. The van der Waals surface area contributed by atoms with E-state index in [1.165, 1.54) is 5.56 Å². The van der Waals surface area contributed by atoms with Crippen LogP contribution in [0, 0.1) is 6.92 Å². The number of ether oxygens (including phenoxy) is 1. The van der Waals surface area contributed by atoms with Gasteiger partial charge in [0.25, 0.3) is 5.91 Å². The maximum atomic E-state index is 11.9. The molecule has 1 aliphatic carbocycles. The van der Waals surface area contributed by atoms with Crippen molar-refractivity contribution in [3.8, 4) is 5.75 Å². The summed E-state index contributed by atoms with van der Waals surface area (Å²) in [7, 11) is 0. The molecule has 0 aliphatic heterocycles. The van der Waals surface area contributed by atoms with Crippen LogP contribution in [0.1, 0.15) is 50.7 Å². The molecule has 0 radical (unpaired) electrons. The highest BCUT2D eigenvalue weighted by molar-refractivity contribution is 5.81. The van der Waals surface area contributed by atoms with Gasteiger partial charge in [-0.1, -0.05) is 26.0 Å². The molecule has 3 nitrogen and oxygen atoms in total. The normalized spacial score (nSPS) is 16.3. The van der Waals surface area contributed by atoms with E-state index in [2.05, 4.69) is 31.3 Å². The number of carbonyl (C=O) groups is 1. The van der Waals surface area contributed by atoms with E-state index in [1.807, 2.05) is 13.0 Å². The molecule has 0 saturated heterocycles. The number of amides is 1. The summed E-state index contributed by atoms with van der Waals surface area (Å²) in [6.07, 6.45) is 1.75. The van der Waals surface area contributed by atoms with Crippen molar-refractivity contribution in [1.29, 1.82) is 0 Å². The van der Waals surface area contributed by atoms with Gasteiger partial charge < -0.3 is 10.1 Å². The third kappa shape index (κ3) is 3.72. The van der Waals surface area contributed by atoms with Gasteiger partial charge in [-0.15, -0.1) is 0 Å². The lowest BCUT2D eigenvalue weighted by atomic mass is 10.0. The molecular weight excluding hydrogens is 238 g/mol. The van der Waals surface area contributed by atoms with Crippen LogP contribution in [0.25, 0.3) is 0 Å². The number of rotatable bonds is 5. The number of nitrogens with one attached hydrogen (secondary N) is 1. The Labute approximate surface area is 115 Å². The number of hydrogen-bond acceptors (Lipinski definition) is 2. The summed E-state index contributed by atoms with van der Waals surface area (Å²) >= 11 is 0. The van der Waals surface area contributed by atoms with E-state index in [-0.39, 0.29) is 5.91 Å². The zero-order chi connectivity index (χ0) is 14.0. The topological polar surface area (TPSA) is 38.3 Å². The lowest BCUT2D eigenvalue weighted by Crippen LogP contribution is -2.37. The highest BCUT2D eigenvalue weighted by Gasteiger charge is 2.26. The quantitative estimate of drug-likeness (QED) is 0.884. The molecule has 0 unspecified atom stereocenters. The second-order valence-corrected chi connectivity index (χ2v) is 5.72. The van der Waals surface area contributed by atoms with Gasteiger partial charge in [0.2, 0.25) is 0 Å². The first kappa shape index (κ1) is 13.9. The molecule has 3 heteroatoms. The number of aryl methyl sites for hydroxylation is 1. The Morgan fingerprint density at radius 1 is 1.32 bits per heavy atom. The lowest BCUT2D eigenvalue weighted by Gasteiger charge is -2.17. The van der Waals surface area contributed by atoms with Gasteiger partial charge in [-0.25, -0.2) is 0 Å². The van der Waals surface area contributed by atoms with Gasteiger partial charge in [-0.05, 0) is 49.8 Å². The maximum absolute atomic E-state index is 11.9. The van der Waals surface area contributed by atoms with E-state index in [0.29, 0.717) is 12.0 Å². The molecule has 1 aromatic rings. The van der Waals surface area contributed by atoms with Gasteiger partial charge in [0.15, 0.2) is 6.10 Å². The van der Waals surface area contributed by atoms with Gasteiger partial charge in [0, 0.05) is 6.04 Å². The van der Waals surface area contributed by atoms with Crippen molar-refractivity contribution in [1.82, 2.24) is 5.32 Å². The van der Waals surface area contributed by atoms with Crippen molar-refractivity contribution in [3.05, 3.63) is 29.3 Å². The van der Waals surface area contributed by atoms with E-state index >= 15 is 0 Å². The average Bonchev–Trinajstić information content (AvgIpc) is 3.15. The van der Waals surface area contributed by atoms with Gasteiger partial charge in [0.05, 0.1) is 0 Å². The number of carbonyl (C=O) groups excluding carboxylic acids is 1. The Morgan fingerprint density at radius 3 is 2.58 bits per heavy atom. The van der Waals surface area contributed by atoms with Crippen molar-refractivity contribution in [3.63, 3.8) is 0 Å². The van der Waals surface area contributed by atoms with Crippen molar-refractivity contribution < 1.29 is 9.53 Å². The van der Waals surface area contributed by atoms with E-state index in [1.54, 1.807) is 6.92 Å². The van der Waals surface area contributed by atoms with Crippen molar-refractivity contribution in [2.45, 2.75) is 58.6 Å². The van der Waals surface area contributed by atoms with Crippen LogP contribution in [0.2, 0.25) is 0 Å². The third-order valence-corrected chi connectivity index (χ3v) is 3.48. The molecule has 0 bridgehead atoms. The second-order valence-electron chi connectivity index (χ2n) is 5.72. The monoisotopic (exact) mass is 261 g/mol. The minimum atomic E-state index is -0.443. The summed E-state index contributed by atoms with van der Waals surface area (Å²) in [5.74, 6) is 1.25. The minimum absolute atomic E-state index is 0.0168. The molecule has 19 heavy (non-hydrogen) atoms. The largest absolute Gasteiger partial charge is 0.481 e. The summed E-state index contributed by atoms with van der Waals surface area (Å²) in [5, 5.41) is 2.97. The number of benzene rings is 1. The summed E-state index contributed by atoms with van der Waals surface area (Å²) in [5.41, 5.74) is 2.30. The molecule has 1 N–H and O–H groups in total. The Bertz CT molecular complexity index is 464. The first-order chi connectivity index (χ1) is 8.97. The van der Waals surface area contributed by atoms with Crippen LogP contribution in [-0.2, 0) is 4.79 Å². The zero-order valence-electron chi connectivity index (χ0n) is 12.2. The zero-order valence-corrected chi connectivity index (χ0v) is 12.2. The molecule has 2 rings (SSSR count). The van der Waals surface area contributed by atoms with Gasteiger partial charge in [0.1, 0.15) is 5.75 Å². The van der Waals surface area contributed by atoms with Crippen LogP contribution >= 0.6 is 0 Å². The van der Waals surface area contributed by atoms with Crippen LogP contribution in [0.5, 0.6) is 5.75 Å². The van der Waals surface area contributed by atoms with Crippen molar-refractivity contribution >= 4 is 5.91 Å². The smallest absolute Gasteiger partial charge is 0.260 e. The maximum Gasteiger partial charge on any atom is 0.260 e. The third-order valence-electron chi connectivity index (χ3n) is 3.48. The minimum Gasteiger partial charge on any atom is -0.481 e. The Hall–Kier alpha value is -1.51. The molecule has 1 saturated carbocycles. The standard InChI is InChI=1S/C16H23NO2/c1-10(2)13-6-5-11(3)15(9-13)19-12(4)16(18)17-14-7-8-14/h5-6,9-10,12,14H,7-8H2,1-4H3,(H,17,18)/t12-/m0/s1. The summed E-state index contributed by atoms with van der Waals surface area (Å²) in [4.78, 5) is 11.9. The summed E-state index contributed by atoms with van der Waals surface area (Å²) in [6, 6.07) is 6.58. The first-order valence-electron chi connectivity index (χ1n) is 7.05. The van der Waals surface area contributed by atoms with Crippen LogP contribution in [0.15, 0.2) is 18.2 Å². The fourth-order valence-corrected chi connectivity index (χ4v) is 1.89. The molecule has 0 spiro atoms. The average molecular weight is 261 g/mol. The Morgan fingerprint density at radius 2 is 2.00 bits per heavy atom. The predicted octanol–water partition coefficient (Wildman–Crippen LogP) is 3.16. The van der Waals surface area contributed by atoms with Crippen molar-refractivity contribution in [2.75, 3.05) is 0 Å². The molecular formula is C16H23NO2. The highest BCUT2D eigenvalue weighted by atomic mass is 16.5. The molecule has 1 fully saturated rings. The first-order valence-corrected chi connectivity index (χ1v) is 7.05. The van der Waals surface area contributed by atoms with Gasteiger partial charge in [-0.2, -0.15) is 0 Å². The van der Waals surface area contributed by atoms with E-state index in [4.69, 9.17) is 4.74 Å². The number of hydrogen-bond donors (Lipinski definition) is 1. The summed E-state index contributed by atoms with van der Waals surface area (Å²) < 4.78 is 5.81. The lowest BCUT2D eigenvalue weighted by molar-refractivity contribution is -0.127. The predicted molar refractivity (Wildman–Crippen MR) is 76.5 cm³/mol. The molecule has 0 aromatic heterocycles.